The Hall–Kier alpha value is -2.90. The topological polar surface area (TPSA) is 71.6 Å². The fourth-order valence-electron chi connectivity index (χ4n) is 2.89. The van der Waals surface area contributed by atoms with Crippen LogP contribution >= 0.6 is 0 Å². The summed E-state index contributed by atoms with van der Waals surface area (Å²) in [6, 6.07) is 5.32. The maximum Gasteiger partial charge on any atom is 0.266 e. The molecule has 0 N–H and O–H groups in total. The molecule has 3 aromatic rings. The molecular formula is C15H17N7O. The molecule has 1 saturated heterocycles. The highest BCUT2D eigenvalue weighted by Crippen LogP contribution is 2.21. The van der Waals surface area contributed by atoms with Crippen molar-refractivity contribution in [1.29, 1.82) is 0 Å². The van der Waals surface area contributed by atoms with Gasteiger partial charge in [0, 0.05) is 51.7 Å². The van der Waals surface area contributed by atoms with Gasteiger partial charge in [0.2, 0.25) is 0 Å². The van der Waals surface area contributed by atoms with Gasteiger partial charge in [0.05, 0.1) is 6.20 Å². The summed E-state index contributed by atoms with van der Waals surface area (Å²) in [7, 11) is 1.67. The molecular weight excluding hydrogens is 294 g/mol. The molecule has 8 heteroatoms. The molecule has 1 aliphatic rings. The van der Waals surface area contributed by atoms with E-state index in [2.05, 4.69) is 25.0 Å². The molecule has 8 nitrogen and oxygen atoms in total. The fourth-order valence-corrected chi connectivity index (χ4v) is 2.89. The molecule has 0 saturated carbocycles. The number of anilines is 2. The van der Waals surface area contributed by atoms with Crippen LogP contribution in [0.15, 0.2) is 41.6 Å². The lowest BCUT2D eigenvalue weighted by molar-refractivity contribution is 0.620. The molecule has 0 atom stereocenters. The summed E-state index contributed by atoms with van der Waals surface area (Å²) in [5.74, 6) is 1.79. The predicted octanol–water partition coefficient (Wildman–Crippen LogP) is 0.150. The van der Waals surface area contributed by atoms with Crippen LogP contribution in [0, 0.1) is 0 Å². The first-order valence-corrected chi connectivity index (χ1v) is 7.55. The summed E-state index contributed by atoms with van der Waals surface area (Å²) in [4.78, 5) is 20.4. The Labute approximate surface area is 132 Å². The quantitative estimate of drug-likeness (QED) is 0.671. The standard InChI is InChI=1S/C15H17N7O/c1-19-14(23)3-2-13(18-19)20-8-10-21(11-9-20)15-12-4-5-17-22(12)7-6-16-15/h2-7H,8-11H2,1H3. The highest BCUT2D eigenvalue weighted by atomic mass is 16.1. The van der Waals surface area contributed by atoms with Crippen LogP contribution in [0.4, 0.5) is 11.6 Å². The van der Waals surface area contributed by atoms with Gasteiger partial charge < -0.3 is 9.80 Å². The van der Waals surface area contributed by atoms with Gasteiger partial charge in [-0.15, -0.1) is 0 Å². The van der Waals surface area contributed by atoms with E-state index in [1.54, 1.807) is 31.6 Å². The van der Waals surface area contributed by atoms with Crippen LogP contribution in [0.25, 0.3) is 5.52 Å². The maximum absolute atomic E-state index is 11.4. The van der Waals surface area contributed by atoms with Gasteiger partial charge in [0.15, 0.2) is 5.82 Å². The first-order valence-electron chi connectivity index (χ1n) is 7.55. The number of aromatic nitrogens is 5. The van der Waals surface area contributed by atoms with Crippen LogP contribution in [0.5, 0.6) is 0 Å². The molecule has 1 fully saturated rings. The van der Waals surface area contributed by atoms with Gasteiger partial charge in [-0.25, -0.2) is 14.2 Å². The highest BCUT2D eigenvalue weighted by Gasteiger charge is 2.21. The van der Waals surface area contributed by atoms with E-state index < -0.39 is 0 Å². The van der Waals surface area contributed by atoms with E-state index in [-0.39, 0.29) is 5.56 Å². The second-order valence-corrected chi connectivity index (χ2v) is 5.54. The van der Waals surface area contributed by atoms with Crippen molar-refractivity contribution < 1.29 is 0 Å². The van der Waals surface area contributed by atoms with Crippen LogP contribution in [0.3, 0.4) is 0 Å². The van der Waals surface area contributed by atoms with Gasteiger partial charge in [-0.1, -0.05) is 0 Å². The summed E-state index contributed by atoms with van der Waals surface area (Å²) in [5, 5.41) is 8.57. The minimum Gasteiger partial charge on any atom is -0.352 e. The first kappa shape index (κ1) is 13.7. The Morgan fingerprint density at radius 1 is 1.00 bits per heavy atom. The molecule has 23 heavy (non-hydrogen) atoms. The van der Waals surface area contributed by atoms with Crippen molar-refractivity contribution in [1.82, 2.24) is 24.4 Å². The third-order valence-electron chi connectivity index (χ3n) is 4.15. The van der Waals surface area contributed by atoms with Gasteiger partial charge in [-0.3, -0.25) is 4.79 Å². The SMILES string of the molecule is Cn1nc(N2CCN(c3nccn4nccc34)CC2)ccc1=O. The smallest absolute Gasteiger partial charge is 0.266 e. The van der Waals surface area contributed by atoms with Crippen molar-refractivity contribution in [2.75, 3.05) is 36.0 Å². The Morgan fingerprint density at radius 3 is 2.57 bits per heavy atom. The summed E-state index contributed by atoms with van der Waals surface area (Å²) in [5.41, 5.74) is 0.921. The van der Waals surface area contributed by atoms with E-state index in [0.29, 0.717) is 0 Å². The summed E-state index contributed by atoms with van der Waals surface area (Å²) >= 11 is 0. The van der Waals surface area contributed by atoms with Gasteiger partial charge >= 0.3 is 0 Å². The molecule has 0 amide bonds. The zero-order valence-corrected chi connectivity index (χ0v) is 12.8. The molecule has 118 valence electrons. The van der Waals surface area contributed by atoms with Crippen LogP contribution in [-0.2, 0) is 7.05 Å². The highest BCUT2D eigenvalue weighted by molar-refractivity contribution is 5.68. The number of fused-ring (bicyclic) bond motifs is 1. The van der Waals surface area contributed by atoms with Crippen LogP contribution in [0.1, 0.15) is 0 Å². The van der Waals surface area contributed by atoms with Crippen molar-refractivity contribution in [3.63, 3.8) is 0 Å². The molecule has 0 radical (unpaired) electrons. The molecule has 0 unspecified atom stereocenters. The number of hydrogen-bond acceptors (Lipinski definition) is 6. The van der Waals surface area contributed by atoms with E-state index in [0.717, 1.165) is 43.3 Å². The van der Waals surface area contributed by atoms with E-state index in [9.17, 15) is 4.79 Å². The normalized spacial score (nSPS) is 15.3. The average Bonchev–Trinajstić information content (AvgIpc) is 3.06. The van der Waals surface area contributed by atoms with Crippen LogP contribution < -0.4 is 15.4 Å². The second kappa shape index (κ2) is 5.38. The average molecular weight is 311 g/mol. The molecule has 4 rings (SSSR count). The molecule has 3 aromatic heterocycles. The van der Waals surface area contributed by atoms with Crippen molar-refractivity contribution in [2.24, 2.45) is 7.05 Å². The lowest BCUT2D eigenvalue weighted by atomic mass is 10.3. The molecule has 0 aromatic carbocycles. The minimum atomic E-state index is -0.0935. The third-order valence-corrected chi connectivity index (χ3v) is 4.15. The number of nitrogens with zero attached hydrogens (tertiary/aromatic N) is 7. The van der Waals surface area contributed by atoms with Crippen molar-refractivity contribution in [3.8, 4) is 0 Å². The van der Waals surface area contributed by atoms with Gasteiger partial charge in [-0.05, 0) is 12.1 Å². The summed E-state index contributed by atoms with van der Waals surface area (Å²) in [6.45, 7) is 3.37. The van der Waals surface area contributed by atoms with Crippen molar-refractivity contribution >= 4 is 17.2 Å². The van der Waals surface area contributed by atoms with Crippen molar-refractivity contribution in [3.05, 3.63) is 47.1 Å². The van der Waals surface area contributed by atoms with E-state index in [4.69, 9.17) is 0 Å². The third kappa shape index (κ3) is 2.41. The van der Waals surface area contributed by atoms with Crippen LogP contribution in [0.2, 0.25) is 0 Å². The molecule has 4 heterocycles. The predicted molar refractivity (Wildman–Crippen MR) is 86.9 cm³/mol. The number of hydrogen-bond donors (Lipinski definition) is 0. The summed E-state index contributed by atoms with van der Waals surface area (Å²) < 4.78 is 3.21. The summed E-state index contributed by atoms with van der Waals surface area (Å²) in [6.07, 6.45) is 5.41. The van der Waals surface area contributed by atoms with Gasteiger partial charge in [-0.2, -0.15) is 10.2 Å². The molecule has 1 aliphatic heterocycles. The fraction of sp³-hybridized carbons (Fsp3) is 0.333. The Morgan fingerprint density at radius 2 is 1.78 bits per heavy atom. The lowest BCUT2D eigenvalue weighted by Gasteiger charge is -2.36. The van der Waals surface area contributed by atoms with Crippen molar-refractivity contribution in [2.45, 2.75) is 0 Å². The maximum atomic E-state index is 11.4. The number of rotatable bonds is 2. The zero-order chi connectivity index (χ0) is 15.8. The first-order chi connectivity index (χ1) is 11.2. The minimum absolute atomic E-state index is 0.0935. The van der Waals surface area contributed by atoms with Gasteiger partial charge in [0.25, 0.3) is 5.56 Å². The van der Waals surface area contributed by atoms with Crippen LogP contribution in [-0.4, -0.2) is 50.6 Å². The number of piperazine rings is 1. The Bertz CT molecular complexity index is 892. The molecule has 0 bridgehead atoms. The van der Waals surface area contributed by atoms with E-state index >= 15 is 0 Å². The van der Waals surface area contributed by atoms with Gasteiger partial charge in [0.1, 0.15) is 11.3 Å². The zero-order valence-electron chi connectivity index (χ0n) is 12.8. The van der Waals surface area contributed by atoms with E-state index in [1.165, 1.54) is 4.68 Å². The molecule has 0 spiro atoms. The number of aryl methyl sites for hydroxylation is 1. The lowest BCUT2D eigenvalue weighted by Crippen LogP contribution is -2.47. The van der Waals surface area contributed by atoms with E-state index in [1.807, 2.05) is 16.8 Å². The second-order valence-electron chi connectivity index (χ2n) is 5.54. The molecule has 0 aliphatic carbocycles. The monoisotopic (exact) mass is 311 g/mol. The largest absolute Gasteiger partial charge is 0.352 e. The Kier molecular flexibility index (Phi) is 3.22. The Balaban J connectivity index is 1.54.